The maximum absolute atomic E-state index is 10.8. The Balaban J connectivity index is 2.53. The highest BCUT2D eigenvalue weighted by molar-refractivity contribution is 5.69. The molecule has 2 nitrogen and oxygen atoms in total. The van der Waals surface area contributed by atoms with Gasteiger partial charge >= 0.3 is 5.97 Å². The number of aliphatic carboxylic acids is 1. The number of allylic oxidation sites excluding steroid dienone is 7. The van der Waals surface area contributed by atoms with Gasteiger partial charge < -0.3 is 5.11 Å². The molecule has 0 fully saturated rings. The molecule has 0 atom stereocenters. The van der Waals surface area contributed by atoms with Crippen LogP contribution in [0.4, 0.5) is 0 Å². The van der Waals surface area contributed by atoms with Gasteiger partial charge in [-0.05, 0) is 51.4 Å². The first-order valence-corrected chi connectivity index (χ1v) is 7.63. The van der Waals surface area contributed by atoms with Crippen molar-refractivity contribution in [1.82, 2.24) is 0 Å². The molecule has 0 saturated carbocycles. The minimum atomic E-state index is -0.722. The predicted octanol–water partition coefficient (Wildman–Crippen LogP) is 5.19. The van der Waals surface area contributed by atoms with Crippen LogP contribution in [0.1, 0.15) is 57.8 Å². The van der Waals surface area contributed by atoms with Crippen LogP contribution in [-0.4, -0.2) is 11.1 Å². The van der Waals surface area contributed by atoms with Gasteiger partial charge in [-0.3, -0.25) is 4.79 Å². The first kappa shape index (κ1) is 16.5. The second-order valence-electron chi connectivity index (χ2n) is 5.14. The zero-order chi connectivity index (χ0) is 14.5. The fourth-order valence-electron chi connectivity index (χ4n) is 2.22. The molecule has 0 unspecified atom stereocenters. The summed E-state index contributed by atoms with van der Waals surface area (Å²) in [5, 5.41) is 8.93. The van der Waals surface area contributed by atoms with Crippen LogP contribution in [0.3, 0.4) is 0 Å². The Morgan fingerprint density at radius 3 is 2.20 bits per heavy atom. The lowest BCUT2D eigenvalue weighted by Gasteiger charge is -2.03. The third kappa shape index (κ3) is 9.37. The third-order valence-electron chi connectivity index (χ3n) is 3.31. The second-order valence-corrected chi connectivity index (χ2v) is 5.14. The van der Waals surface area contributed by atoms with Crippen LogP contribution in [0.2, 0.25) is 0 Å². The van der Waals surface area contributed by atoms with E-state index in [1.165, 1.54) is 6.42 Å². The Kier molecular flexibility index (Phi) is 9.29. The molecule has 0 radical (unpaired) electrons. The van der Waals surface area contributed by atoms with Crippen LogP contribution < -0.4 is 0 Å². The van der Waals surface area contributed by atoms with Crippen LogP contribution in [0.15, 0.2) is 48.1 Å². The molecule has 1 aliphatic rings. The minimum absolute atomic E-state index is 0.188. The van der Waals surface area contributed by atoms with Crippen molar-refractivity contribution in [2.24, 2.45) is 0 Å². The van der Waals surface area contributed by atoms with E-state index in [4.69, 9.17) is 5.11 Å². The normalized spacial score (nSPS) is 26.1. The van der Waals surface area contributed by atoms with E-state index in [0.717, 1.165) is 50.5 Å². The summed E-state index contributed by atoms with van der Waals surface area (Å²) in [6, 6.07) is 0. The van der Waals surface area contributed by atoms with Gasteiger partial charge in [-0.15, -0.1) is 0 Å². The molecule has 0 aromatic rings. The molecular formula is C18H26O2. The van der Waals surface area contributed by atoms with Gasteiger partial charge in [-0.25, -0.2) is 0 Å². The van der Waals surface area contributed by atoms with E-state index in [-0.39, 0.29) is 6.42 Å². The summed E-state index contributed by atoms with van der Waals surface area (Å²) in [7, 11) is 0. The van der Waals surface area contributed by atoms with Crippen LogP contribution in [-0.2, 0) is 4.79 Å². The number of carboxylic acid groups (broad SMARTS) is 1. The fraction of sp³-hybridized carbons (Fsp3) is 0.500. The highest BCUT2D eigenvalue weighted by Crippen LogP contribution is 2.14. The van der Waals surface area contributed by atoms with Crippen molar-refractivity contribution in [3.8, 4) is 0 Å². The van der Waals surface area contributed by atoms with Crippen molar-refractivity contribution >= 4 is 5.97 Å². The van der Waals surface area contributed by atoms with Crippen molar-refractivity contribution in [2.75, 3.05) is 0 Å². The molecule has 1 aliphatic carbocycles. The first-order chi connectivity index (χ1) is 9.79. The van der Waals surface area contributed by atoms with E-state index in [9.17, 15) is 4.79 Å². The first-order valence-electron chi connectivity index (χ1n) is 7.63. The van der Waals surface area contributed by atoms with Crippen molar-refractivity contribution in [2.45, 2.75) is 57.8 Å². The Bertz CT molecular complexity index is 386. The Labute approximate surface area is 122 Å². The monoisotopic (exact) mass is 274 g/mol. The molecule has 20 heavy (non-hydrogen) atoms. The molecule has 0 heterocycles. The Morgan fingerprint density at radius 2 is 1.50 bits per heavy atom. The van der Waals surface area contributed by atoms with E-state index in [1.807, 2.05) is 0 Å². The number of carboxylic acids is 1. The number of carbonyl (C=O) groups is 1. The van der Waals surface area contributed by atoms with Crippen LogP contribution >= 0.6 is 0 Å². The zero-order valence-electron chi connectivity index (χ0n) is 12.3. The lowest BCUT2D eigenvalue weighted by Crippen LogP contribution is -1.97. The summed E-state index contributed by atoms with van der Waals surface area (Å²) in [5.74, 6) is -0.722. The van der Waals surface area contributed by atoms with E-state index in [2.05, 4.69) is 42.5 Å². The van der Waals surface area contributed by atoms with Gasteiger partial charge in [0.25, 0.3) is 0 Å². The summed E-state index contributed by atoms with van der Waals surface area (Å²) in [6.07, 6.45) is 23.7. The topological polar surface area (TPSA) is 37.3 Å². The molecule has 1 rings (SSSR count). The molecule has 1 N–H and O–H groups in total. The smallest absolute Gasteiger partial charge is 0.307 e. The number of rotatable bonds is 2. The van der Waals surface area contributed by atoms with E-state index >= 15 is 0 Å². The summed E-state index contributed by atoms with van der Waals surface area (Å²) in [5.41, 5.74) is 1.07. The van der Waals surface area contributed by atoms with Crippen LogP contribution in [0.5, 0.6) is 0 Å². The molecule has 0 aromatic carbocycles. The molecule has 2 heteroatoms. The van der Waals surface area contributed by atoms with Crippen molar-refractivity contribution in [3.05, 3.63) is 48.1 Å². The predicted molar refractivity (Wildman–Crippen MR) is 84.7 cm³/mol. The molecule has 0 bridgehead atoms. The lowest BCUT2D eigenvalue weighted by molar-refractivity contribution is -0.136. The van der Waals surface area contributed by atoms with Gasteiger partial charge in [0.05, 0.1) is 6.42 Å². The van der Waals surface area contributed by atoms with Crippen LogP contribution in [0, 0.1) is 0 Å². The van der Waals surface area contributed by atoms with Gasteiger partial charge in [0.2, 0.25) is 0 Å². The van der Waals surface area contributed by atoms with Crippen molar-refractivity contribution in [3.63, 3.8) is 0 Å². The fourth-order valence-corrected chi connectivity index (χ4v) is 2.22. The summed E-state index contributed by atoms with van der Waals surface area (Å²) in [6.45, 7) is 0. The highest BCUT2D eigenvalue weighted by Gasteiger charge is 2.02. The van der Waals surface area contributed by atoms with Crippen LogP contribution in [0.25, 0.3) is 0 Å². The quantitative estimate of drug-likeness (QED) is 0.703. The Hall–Kier alpha value is -1.57. The number of hydrogen-bond acceptors (Lipinski definition) is 1. The van der Waals surface area contributed by atoms with Crippen molar-refractivity contribution < 1.29 is 9.90 Å². The van der Waals surface area contributed by atoms with Gasteiger partial charge in [0.1, 0.15) is 0 Å². The van der Waals surface area contributed by atoms with Gasteiger partial charge in [-0.1, -0.05) is 48.1 Å². The average molecular weight is 274 g/mol. The van der Waals surface area contributed by atoms with Gasteiger partial charge in [-0.2, -0.15) is 0 Å². The summed E-state index contributed by atoms with van der Waals surface area (Å²) >= 11 is 0. The minimum Gasteiger partial charge on any atom is -0.481 e. The molecule has 0 aliphatic heterocycles. The molecule has 0 saturated heterocycles. The lowest BCUT2D eigenvalue weighted by atomic mass is 10.0. The van der Waals surface area contributed by atoms with E-state index in [0.29, 0.717) is 0 Å². The number of hydrogen-bond donors (Lipinski definition) is 1. The average Bonchev–Trinajstić information content (AvgIpc) is 2.40. The van der Waals surface area contributed by atoms with E-state index < -0.39 is 5.97 Å². The molecule has 0 amide bonds. The standard InChI is InChI=1S/C18H26O2/c19-18(20)16-17-14-12-10-8-6-4-2-1-3-5-7-9-11-13-15-17/h2-5,8,10,15H,1,6-7,9,11-14,16H2,(H,19,20)/b4-2+,5-3+,10-8+,17-15-. The molecule has 0 spiro atoms. The molecule has 110 valence electrons. The summed E-state index contributed by atoms with van der Waals surface area (Å²) in [4.78, 5) is 10.8. The second kappa shape index (κ2) is 11.3. The summed E-state index contributed by atoms with van der Waals surface area (Å²) < 4.78 is 0. The molecule has 0 aromatic heterocycles. The molecular weight excluding hydrogens is 248 g/mol. The maximum atomic E-state index is 10.8. The van der Waals surface area contributed by atoms with Gasteiger partial charge in [0, 0.05) is 0 Å². The van der Waals surface area contributed by atoms with E-state index in [1.54, 1.807) is 0 Å². The third-order valence-corrected chi connectivity index (χ3v) is 3.31. The van der Waals surface area contributed by atoms with Gasteiger partial charge in [0.15, 0.2) is 0 Å². The maximum Gasteiger partial charge on any atom is 0.307 e. The largest absolute Gasteiger partial charge is 0.481 e. The Morgan fingerprint density at radius 1 is 0.900 bits per heavy atom. The highest BCUT2D eigenvalue weighted by atomic mass is 16.4. The zero-order valence-corrected chi connectivity index (χ0v) is 12.3. The SMILES string of the molecule is O=C(O)C/C1=C\CCCC/C=C/C/C=C/C/C=C/CC1. The van der Waals surface area contributed by atoms with Crippen molar-refractivity contribution in [1.29, 1.82) is 0 Å².